The maximum absolute atomic E-state index is 13.1. The SMILES string of the molecule is Cc1ccc(Cn2cc(/C=C3\SC(=O)N(CC(=O)N4CCC(C)CC4)C3=O)c3ccccc32)cc1. The van der Waals surface area contributed by atoms with Crippen LogP contribution < -0.4 is 0 Å². The lowest BCUT2D eigenvalue weighted by Gasteiger charge is -2.31. The van der Waals surface area contributed by atoms with Crippen molar-refractivity contribution in [2.75, 3.05) is 19.6 Å². The summed E-state index contributed by atoms with van der Waals surface area (Å²) < 4.78 is 2.16. The van der Waals surface area contributed by atoms with Gasteiger partial charge in [-0.25, -0.2) is 0 Å². The molecule has 3 heterocycles. The number of piperidine rings is 1. The Labute approximate surface area is 209 Å². The maximum atomic E-state index is 13.1. The van der Waals surface area contributed by atoms with Gasteiger partial charge >= 0.3 is 0 Å². The number of para-hydroxylation sites is 1. The number of likely N-dealkylation sites (tertiary alicyclic amines) is 1. The van der Waals surface area contributed by atoms with Gasteiger partial charge in [-0.1, -0.05) is 55.0 Å². The first kappa shape index (κ1) is 23.4. The van der Waals surface area contributed by atoms with Gasteiger partial charge in [0.2, 0.25) is 5.91 Å². The molecule has 2 saturated heterocycles. The van der Waals surface area contributed by atoms with Gasteiger partial charge in [-0.15, -0.1) is 0 Å². The number of nitrogens with zero attached hydrogens (tertiary/aromatic N) is 3. The van der Waals surface area contributed by atoms with Crippen LogP contribution in [0.15, 0.2) is 59.6 Å². The normalized spacial score (nSPS) is 18.3. The van der Waals surface area contributed by atoms with Crippen molar-refractivity contribution in [1.29, 1.82) is 0 Å². The molecule has 0 atom stereocenters. The molecule has 0 spiro atoms. The van der Waals surface area contributed by atoms with Gasteiger partial charge in [-0.2, -0.15) is 0 Å². The van der Waals surface area contributed by atoms with Crippen molar-refractivity contribution in [2.45, 2.75) is 33.2 Å². The van der Waals surface area contributed by atoms with E-state index in [1.807, 2.05) is 24.4 Å². The van der Waals surface area contributed by atoms with Crippen LogP contribution in [0.25, 0.3) is 17.0 Å². The largest absolute Gasteiger partial charge is 0.342 e. The van der Waals surface area contributed by atoms with Gasteiger partial charge in [0, 0.05) is 42.3 Å². The van der Waals surface area contributed by atoms with Crippen LogP contribution in [-0.2, 0) is 16.1 Å². The van der Waals surface area contributed by atoms with E-state index in [9.17, 15) is 14.4 Å². The monoisotopic (exact) mass is 487 g/mol. The molecule has 0 saturated carbocycles. The fraction of sp³-hybridized carbons (Fsp3) is 0.321. The topological polar surface area (TPSA) is 62.6 Å². The molecule has 5 rings (SSSR count). The molecule has 180 valence electrons. The Kier molecular flexibility index (Phi) is 6.52. The molecule has 2 aromatic carbocycles. The van der Waals surface area contributed by atoms with Crippen LogP contribution >= 0.6 is 11.8 Å². The second-order valence-electron chi connectivity index (χ2n) is 9.55. The number of fused-ring (bicyclic) bond motifs is 1. The molecule has 0 bridgehead atoms. The molecular formula is C28H29N3O3S. The summed E-state index contributed by atoms with van der Waals surface area (Å²) in [5.41, 5.74) is 4.35. The quantitative estimate of drug-likeness (QED) is 0.459. The molecule has 3 aromatic rings. The number of hydrogen-bond acceptors (Lipinski definition) is 4. The van der Waals surface area contributed by atoms with E-state index in [1.165, 1.54) is 11.1 Å². The highest BCUT2D eigenvalue weighted by atomic mass is 32.2. The van der Waals surface area contributed by atoms with Crippen LogP contribution in [0.2, 0.25) is 0 Å². The third-order valence-corrected chi connectivity index (χ3v) is 7.79. The number of thioether (sulfide) groups is 1. The number of carbonyl (C=O) groups is 3. The van der Waals surface area contributed by atoms with E-state index in [0.29, 0.717) is 30.5 Å². The van der Waals surface area contributed by atoms with Crippen LogP contribution in [0.5, 0.6) is 0 Å². The van der Waals surface area contributed by atoms with Crippen LogP contribution in [0, 0.1) is 12.8 Å². The van der Waals surface area contributed by atoms with Crippen molar-refractivity contribution in [3.63, 3.8) is 0 Å². The highest BCUT2D eigenvalue weighted by molar-refractivity contribution is 8.18. The molecule has 7 heteroatoms. The van der Waals surface area contributed by atoms with E-state index >= 15 is 0 Å². The molecule has 35 heavy (non-hydrogen) atoms. The fourth-order valence-corrected chi connectivity index (χ4v) is 5.51. The van der Waals surface area contributed by atoms with E-state index in [4.69, 9.17) is 0 Å². The molecule has 1 aromatic heterocycles. The van der Waals surface area contributed by atoms with Crippen molar-refractivity contribution >= 4 is 45.8 Å². The molecule has 0 aliphatic carbocycles. The summed E-state index contributed by atoms with van der Waals surface area (Å²) in [4.78, 5) is 41.7. The van der Waals surface area contributed by atoms with E-state index in [1.54, 1.807) is 11.0 Å². The Balaban J connectivity index is 1.37. The zero-order chi connectivity index (χ0) is 24.5. The summed E-state index contributed by atoms with van der Waals surface area (Å²) in [6.45, 7) is 6.14. The number of benzene rings is 2. The van der Waals surface area contributed by atoms with Crippen molar-refractivity contribution in [1.82, 2.24) is 14.4 Å². The van der Waals surface area contributed by atoms with Gasteiger partial charge in [0.05, 0.1) is 4.91 Å². The molecular weight excluding hydrogens is 458 g/mol. The maximum Gasteiger partial charge on any atom is 0.294 e. The molecule has 0 N–H and O–H groups in total. The molecule has 2 aliphatic heterocycles. The Morgan fingerprint density at radius 2 is 1.77 bits per heavy atom. The average molecular weight is 488 g/mol. The Hall–Kier alpha value is -3.32. The zero-order valence-electron chi connectivity index (χ0n) is 20.1. The summed E-state index contributed by atoms with van der Waals surface area (Å²) in [5.74, 6) is 0.0524. The fourth-order valence-electron chi connectivity index (χ4n) is 4.68. The van der Waals surface area contributed by atoms with E-state index in [2.05, 4.69) is 48.7 Å². The predicted molar refractivity (Wildman–Crippen MR) is 140 cm³/mol. The average Bonchev–Trinajstić information content (AvgIpc) is 3.33. The van der Waals surface area contributed by atoms with Gasteiger partial charge in [-0.05, 0) is 55.2 Å². The van der Waals surface area contributed by atoms with Gasteiger partial charge < -0.3 is 9.47 Å². The smallest absolute Gasteiger partial charge is 0.294 e. The Morgan fingerprint density at radius 3 is 2.51 bits per heavy atom. The molecule has 0 radical (unpaired) electrons. The summed E-state index contributed by atoms with van der Waals surface area (Å²) in [7, 11) is 0. The second-order valence-corrected chi connectivity index (χ2v) is 10.5. The first-order chi connectivity index (χ1) is 16.9. The number of hydrogen-bond donors (Lipinski definition) is 0. The molecule has 6 nitrogen and oxygen atoms in total. The standard InChI is InChI=1S/C28H29N3O3S/c1-19-7-9-21(10-8-19)16-30-17-22(23-5-3-4-6-24(23)30)15-25-27(33)31(28(34)35-25)18-26(32)29-13-11-20(2)12-14-29/h3-10,15,17,20H,11-14,16,18H2,1-2H3/b25-15-. The highest BCUT2D eigenvalue weighted by Crippen LogP contribution is 2.34. The first-order valence-electron chi connectivity index (χ1n) is 12.1. The van der Waals surface area contributed by atoms with Crippen LogP contribution in [0.3, 0.4) is 0 Å². The third kappa shape index (κ3) is 4.91. The first-order valence-corrected chi connectivity index (χ1v) is 12.9. The number of amides is 3. The minimum Gasteiger partial charge on any atom is -0.342 e. The van der Waals surface area contributed by atoms with Crippen LogP contribution in [0.4, 0.5) is 4.79 Å². The van der Waals surface area contributed by atoms with Gasteiger partial charge in [0.25, 0.3) is 11.1 Å². The van der Waals surface area contributed by atoms with Crippen molar-refractivity contribution in [2.24, 2.45) is 5.92 Å². The molecule has 2 aliphatic rings. The van der Waals surface area contributed by atoms with Crippen molar-refractivity contribution in [3.05, 3.63) is 76.3 Å². The van der Waals surface area contributed by atoms with Crippen LogP contribution in [0.1, 0.15) is 36.5 Å². The molecule has 2 fully saturated rings. The summed E-state index contributed by atoms with van der Waals surface area (Å²) in [5, 5.41) is 0.633. The van der Waals surface area contributed by atoms with E-state index in [-0.39, 0.29) is 17.7 Å². The highest BCUT2D eigenvalue weighted by Gasteiger charge is 2.37. The summed E-state index contributed by atoms with van der Waals surface area (Å²) in [6.07, 6.45) is 5.73. The van der Waals surface area contributed by atoms with Crippen molar-refractivity contribution < 1.29 is 14.4 Å². The number of carbonyl (C=O) groups excluding carboxylic acids is 3. The van der Waals surface area contributed by atoms with Gasteiger partial charge in [0.15, 0.2) is 0 Å². The number of imide groups is 1. The zero-order valence-corrected chi connectivity index (χ0v) is 20.9. The summed E-state index contributed by atoms with van der Waals surface area (Å²) in [6, 6.07) is 16.5. The van der Waals surface area contributed by atoms with E-state index in [0.717, 1.165) is 46.0 Å². The lowest BCUT2D eigenvalue weighted by atomic mass is 9.99. The van der Waals surface area contributed by atoms with Crippen molar-refractivity contribution in [3.8, 4) is 0 Å². The predicted octanol–water partition coefficient (Wildman–Crippen LogP) is 5.29. The second kappa shape index (κ2) is 9.74. The van der Waals surface area contributed by atoms with Gasteiger partial charge in [-0.3, -0.25) is 19.3 Å². The summed E-state index contributed by atoms with van der Waals surface area (Å²) >= 11 is 0.908. The number of aryl methyl sites for hydroxylation is 1. The lowest BCUT2D eigenvalue weighted by Crippen LogP contribution is -2.45. The Morgan fingerprint density at radius 1 is 1.06 bits per heavy atom. The lowest BCUT2D eigenvalue weighted by molar-refractivity contribution is -0.136. The minimum absolute atomic E-state index is 0.157. The third-order valence-electron chi connectivity index (χ3n) is 6.88. The molecule has 0 unspecified atom stereocenters. The Bertz CT molecular complexity index is 1320. The number of rotatable bonds is 5. The van der Waals surface area contributed by atoms with E-state index < -0.39 is 5.91 Å². The van der Waals surface area contributed by atoms with Gasteiger partial charge in [0.1, 0.15) is 6.54 Å². The van der Waals surface area contributed by atoms with Crippen LogP contribution in [-0.4, -0.2) is 51.1 Å². The number of aromatic nitrogens is 1. The molecule has 3 amide bonds. The minimum atomic E-state index is -0.394.